The molecule has 0 bridgehead atoms. The maximum absolute atomic E-state index is 11.1. The Balaban J connectivity index is 0.000000316. The molecule has 4 heterocycles. The summed E-state index contributed by atoms with van der Waals surface area (Å²) in [5, 5.41) is 11.2. The molecule has 4 aromatic carbocycles. The molecule has 0 atom stereocenters. The number of morpholine rings is 2. The van der Waals surface area contributed by atoms with Crippen LogP contribution < -0.4 is 37.5 Å². The zero-order valence-electron chi connectivity index (χ0n) is 39.1. The molecule has 2 aliphatic rings. The van der Waals surface area contributed by atoms with Crippen molar-refractivity contribution >= 4 is 108 Å². The number of nitrogens with one attached hydrogen (secondary N) is 2. The fourth-order valence-electron chi connectivity index (χ4n) is 6.54. The standard InChI is InChI=1S/C24H27ClN6O3.C18H15ClN4O2.C6H14N2O2.3ClH/c25-21-14-19(6-7-22(21)33-16-18-4-2-1-3-5-18)30-24-20(23(26)27-17-28-24)15-29-34-13-10-31-8-11-32-12-9-31;19-15-8-13(23-18-14(9-24)17(20)21-11-22-18)6-7-16(15)25-10-12-4-2-1-3-5-12;7-10-6-3-8-1-4-9-5-2-8;;;/h1-7,14-15,17H,8-13,16H2,(H3,26,27,28,30);1-9,11H,10H2,(H3,20,21,22,23);1-7H2;3*1H/b29-15+;;;;;. The molecule has 19 nitrogen and oxygen atoms in total. The van der Waals surface area contributed by atoms with Gasteiger partial charge in [0.1, 0.15) is 67.2 Å². The zero-order valence-corrected chi connectivity index (χ0v) is 43.1. The van der Waals surface area contributed by atoms with Crippen molar-refractivity contribution in [2.45, 2.75) is 13.2 Å². The maximum Gasteiger partial charge on any atom is 0.157 e. The van der Waals surface area contributed by atoms with Crippen LogP contribution in [0.1, 0.15) is 27.0 Å². The van der Waals surface area contributed by atoms with Crippen molar-refractivity contribution in [2.75, 3.05) is 101 Å². The smallest absolute Gasteiger partial charge is 0.157 e. The fraction of sp³-hybridized carbons (Fsp3) is 0.292. The van der Waals surface area contributed by atoms with Crippen LogP contribution in [0, 0.1) is 0 Å². The summed E-state index contributed by atoms with van der Waals surface area (Å²) in [6.45, 7) is 10.6. The number of halogens is 5. The summed E-state index contributed by atoms with van der Waals surface area (Å²) in [5.74, 6) is 7.24. The molecular weight excluding hydrogens is 1030 g/mol. The SMILES string of the molecule is Cl.Cl.Cl.NOCCN1CCOCC1.Nc1ncnc(Nc2ccc(OCc3ccccc3)c(Cl)c2)c1/C=N/OCCN1CCOCC1.Nc1ncnc(Nc2ccc(OCc3ccccc3)c(Cl)c2)c1C=O. The molecule has 2 aromatic heterocycles. The molecule has 2 aliphatic heterocycles. The molecule has 0 radical (unpaired) electrons. The minimum absolute atomic E-state index is 0. The van der Waals surface area contributed by atoms with Gasteiger partial charge in [0.2, 0.25) is 0 Å². The van der Waals surface area contributed by atoms with Gasteiger partial charge in [-0.05, 0) is 47.5 Å². The number of nitrogens with two attached hydrogens (primary N) is 3. The number of nitrogens with zero attached hydrogens (tertiary/aromatic N) is 7. The van der Waals surface area contributed by atoms with Crippen LogP contribution >= 0.6 is 60.4 Å². The van der Waals surface area contributed by atoms with Crippen LogP contribution in [-0.2, 0) is 32.4 Å². The van der Waals surface area contributed by atoms with Crippen molar-refractivity contribution in [2.24, 2.45) is 11.1 Å². The number of nitrogen functional groups attached to an aromatic ring is 2. The fourth-order valence-corrected chi connectivity index (χ4v) is 7.01. The van der Waals surface area contributed by atoms with E-state index in [0.717, 1.165) is 82.5 Å². The third-order valence-electron chi connectivity index (χ3n) is 10.3. The van der Waals surface area contributed by atoms with E-state index in [1.54, 1.807) is 30.3 Å². The van der Waals surface area contributed by atoms with Crippen LogP contribution in [0.2, 0.25) is 10.0 Å². The molecule has 6 aromatic rings. The van der Waals surface area contributed by atoms with Gasteiger partial charge in [0.05, 0.1) is 60.4 Å². The number of aldehydes is 1. The van der Waals surface area contributed by atoms with Gasteiger partial charge in [-0.1, -0.05) is 89.0 Å². The molecule has 72 heavy (non-hydrogen) atoms. The average Bonchev–Trinajstić information content (AvgIpc) is 3.37. The van der Waals surface area contributed by atoms with E-state index in [0.29, 0.717) is 77.1 Å². The molecule has 8 rings (SSSR count). The van der Waals surface area contributed by atoms with Crippen molar-refractivity contribution in [3.8, 4) is 11.5 Å². The normalized spacial score (nSPS) is 13.3. The number of hydrogen-bond donors (Lipinski definition) is 5. The predicted octanol–water partition coefficient (Wildman–Crippen LogP) is 8.04. The number of anilines is 6. The average molecular weight is 1090 g/mol. The molecule has 8 N–H and O–H groups in total. The second kappa shape index (κ2) is 33.8. The lowest BCUT2D eigenvalue weighted by atomic mass is 10.2. The van der Waals surface area contributed by atoms with E-state index < -0.39 is 0 Å². The summed E-state index contributed by atoms with van der Waals surface area (Å²) < 4.78 is 22.1. The van der Waals surface area contributed by atoms with E-state index >= 15 is 0 Å². The van der Waals surface area contributed by atoms with E-state index in [-0.39, 0.29) is 54.4 Å². The monoisotopic (exact) mass is 1090 g/mol. The third-order valence-corrected chi connectivity index (χ3v) is 10.9. The Labute approximate surface area is 447 Å². The summed E-state index contributed by atoms with van der Waals surface area (Å²) in [5.41, 5.74) is 15.9. The number of hydrogen-bond acceptors (Lipinski definition) is 19. The van der Waals surface area contributed by atoms with Crippen molar-refractivity contribution in [3.05, 3.63) is 142 Å². The first kappa shape index (κ1) is 60.5. The molecule has 2 fully saturated rings. The number of carbonyl (C=O) groups is 1. The predicted molar refractivity (Wildman–Crippen MR) is 289 cm³/mol. The second-order valence-electron chi connectivity index (χ2n) is 15.1. The Bertz CT molecular complexity index is 2520. The first-order valence-electron chi connectivity index (χ1n) is 22.0. The third kappa shape index (κ3) is 20.4. The van der Waals surface area contributed by atoms with Crippen molar-refractivity contribution in [1.29, 1.82) is 0 Å². The van der Waals surface area contributed by atoms with E-state index in [4.69, 9.17) is 64.4 Å². The topological polar surface area (TPSA) is 245 Å². The largest absolute Gasteiger partial charge is 0.487 e. The Morgan fingerprint density at radius 3 is 1.51 bits per heavy atom. The van der Waals surface area contributed by atoms with Crippen LogP contribution in [0.3, 0.4) is 0 Å². The Kier molecular flexibility index (Phi) is 28.4. The first-order chi connectivity index (χ1) is 33.8. The van der Waals surface area contributed by atoms with Crippen LogP contribution in [-0.4, -0.2) is 121 Å². The highest BCUT2D eigenvalue weighted by Crippen LogP contribution is 2.32. The van der Waals surface area contributed by atoms with E-state index in [2.05, 4.69) is 50.4 Å². The molecule has 24 heteroatoms. The molecule has 2 saturated heterocycles. The number of oxime groups is 1. The van der Waals surface area contributed by atoms with Gasteiger partial charge < -0.3 is 50.7 Å². The van der Waals surface area contributed by atoms with E-state index in [1.807, 2.05) is 66.7 Å². The molecule has 0 unspecified atom stereocenters. The van der Waals surface area contributed by atoms with Crippen LogP contribution in [0.25, 0.3) is 0 Å². The van der Waals surface area contributed by atoms with Crippen LogP contribution in [0.4, 0.5) is 34.6 Å². The molecule has 0 spiro atoms. The van der Waals surface area contributed by atoms with Gasteiger partial charge in [0.15, 0.2) is 6.29 Å². The van der Waals surface area contributed by atoms with Gasteiger partial charge >= 0.3 is 0 Å². The van der Waals surface area contributed by atoms with Gasteiger partial charge in [-0.2, -0.15) is 0 Å². The van der Waals surface area contributed by atoms with Gasteiger partial charge in [0.25, 0.3) is 0 Å². The lowest BCUT2D eigenvalue weighted by Gasteiger charge is -2.25. The first-order valence-corrected chi connectivity index (χ1v) is 22.7. The molecule has 0 saturated carbocycles. The molecule has 0 aliphatic carbocycles. The Hall–Kier alpha value is -5.81. The minimum atomic E-state index is 0. The summed E-state index contributed by atoms with van der Waals surface area (Å²) in [7, 11) is 0. The summed E-state index contributed by atoms with van der Waals surface area (Å²) in [4.78, 5) is 41.7. The number of aromatic nitrogens is 4. The number of carbonyl (C=O) groups excluding carboxylic acids is 1. The van der Waals surface area contributed by atoms with Crippen molar-refractivity contribution < 1.29 is 33.4 Å². The van der Waals surface area contributed by atoms with Crippen LogP contribution in [0.5, 0.6) is 11.5 Å². The van der Waals surface area contributed by atoms with Gasteiger partial charge in [-0.15, -0.1) is 37.2 Å². The zero-order chi connectivity index (χ0) is 48.5. The minimum Gasteiger partial charge on any atom is -0.487 e. The lowest BCUT2D eigenvalue weighted by Crippen LogP contribution is -2.38. The summed E-state index contributed by atoms with van der Waals surface area (Å²) >= 11 is 12.7. The van der Waals surface area contributed by atoms with Crippen molar-refractivity contribution in [3.63, 3.8) is 0 Å². The Morgan fingerprint density at radius 2 is 1.07 bits per heavy atom. The number of rotatable bonds is 19. The van der Waals surface area contributed by atoms with Crippen molar-refractivity contribution in [1.82, 2.24) is 29.7 Å². The highest BCUT2D eigenvalue weighted by Gasteiger charge is 2.14. The summed E-state index contributed by atoms with van der Waals surface area (Å²) in [6, 6.07) is 30.3. The Morgan fingerprint density at radius 1 is 0.625 bits per heavy atom. The molecular formula is C48H59Cl5N12O7. The maximum atomic E-state index is 11.1. The highest BCUT2D eigenvalue weighted by molar-refractivity contribution is 6.32. The van der Waals surface area contributed by atoms with Crippen LogP contribution in [0.15, 0.2) is 115 Å². The highest BCUT2D eigenvalue weighted by atomic mass is 35.5. The number of ether oxygens (including phenoxy) is 4. The van der Waals surface area contributed by atoms with E-state index in [1.165, 1.54) is 18.9 Å². The quantitative estimate of drug-likeness (QED) is 0.0223. The lowest BCUT2D eigenvalue weighted by molar-refractivity contribution is 0.0203. The summed E-state index contributed by atoms with van der Waals surface area (Å²) in [6.07, 6.45) is 4.78. The van der Waals surface area contributed by atoms with E-state index in [9.17, 15) is 4.79 Å². The van der Waals surface area contributed by atoms with Gasteiger partial charge in [0, 0.05) is 50.6 Å². The second-order valence-corrected chi connectivity index (χ2v) is 15.9. The number of benzene rings is 4. The molecule has 0 amide bonds. The van der Waals surface area contributed by atoms with Gasteiger partial charge in [-0.3, -0.25) is 14.6 Å². The molecule has 388 valence electrons. The van der Waals surface area contributed by atoms with Gasteiger partial charge in [-0.25, -0.2) is 25.8 Å².